The lowest BCUT2D eigenvalue weighted by Crippen LogP contribution is -2.45. The normalized spacial score (nSPS) is 14.4. The van der Waals surface area contributed by atoms with Gasteiger partial charge in [0.25, 0.3) is 0 Å². The number of benzene rings is 1. The number of rotatable bonds is 7. The van der Waals surface area contributed by atoms with E-state index in [-0.39, 0.29) is 12.4 Å². The van der Waals surface area contributed by atoms with Crippen LogP contribution in [-0.2, 0) is 6.61 Å². The zero-order valence-corrected chi connectivity index (χ0v) is 18.8. The van der Waals surface area contributed by atoms with Crippen LogP contribution in [0.3, 0.4) is 0 Å². The quantitative estimate of drug-likeness (QED) is 0.576. The first-order chi connectivity index (χ1) is 15.5. The molecule has 2 aromatic heterocycles. The number of nitrogen functional groups attached to an aromatic ring is 1. The number of piperazine rings is 1. The van der Waals surface area contributed by atoms with Gasteiger partial charge in [-0.15, -0.1) is 0 Å². The Balaban J connectivity index is 1.58. The Bertz CT molecular complexity index is 1060. The number of anilines is 2. The maximum atomic E-state index is 13.7. The standard InChI is InChI=1S/C22H25FN6O2S/c1-28-7-9-29(10-8-28)22-26-13-19(32-16-4-6-20(24)25-12-16)21(27-22)31-14-15-3-5-17(23)18(11-15)30-2/h3-6,11-13H,7-10,14H2,1-2H3,(H2,24,25). The van der Waals surface area contributed by atoms with Gasteiger partial charge in [-0.1, -0.05) is 17.8 Å². The lowest BCUT2D eigenvalue weighted by atomic mass is 10.2. The maximum absolute atomic E-state index is 13.7. The Labute approximate surface area is 190 Å². The SMILES string of the molecule is COc1cc(COc2nc(N3CCN(C)CC3)ncc2Sc2ccc(N)nc2)ccc1F. The lowest BCUT2D eigenvalue weighted by molar-refractivity contribution is 0.282. The van der Waals surface area contributed by atoms with Crippen molar-refractivity contribution in [3.8, 4) is 11.6 Å². The second-order valence-electron chi connectivity index (χ2n) is 7.41. The van der Waals surface area contributed by atoms with Crippen molar-refractivity contribution in [3.63, 3.8) is 0 Å². The van der Waals surface area contributed by atoms with Crippen molar-refractivity contribution in [1.82, 2.24) is 19.9 Å². The summed E-state index contributed by atoms with van der Waals surface area (Å²) in [7, 11) is 3.54. The van der Waals surface area contributed by atoms with Gasteiger partial charge in [-0.3, -0.25) is 0 Å². The first kappa shape index (κ1) is 22.1. The summed E-state index contributed by atoms with van der Waals surface area (Å²) in [5.74, 6) is 1.30. The first-order valence-electron chi connectivity index (χ1n) is 10.2. The molecule has 0 unspecified atom stereocenters. The van der Waals surface area contributed by atoms with Crippen LogP contribution in [0.25, 0.3) is 0 Å². The minimum absolute atomic E-state index is 0.175. The van der Waals surface area contributed by atoms with E-state index in [2.05, 4.69) is 26.8 Å². The van der Waals surface area contributed by atoms with Crippen LogP contribution in [0.5, 0.6) is 11.6 Å². The number of hydrogen-bond acceptors (Lipinski definition) is 9. The number of pyridine rings is 1. The zero-order valence-electron chi connectivity index (χ0n) is 18.0. The highest BCUT2D eigenvalue weighted by Gasteiger charge is 2.19. The number of nitrogens with two attached hydrogens (primary N) is 1. The number of ether oxygens (including phenoxy) is 2. The topological polar surface area (TPSA) is 89.6 Å². The van der Waals surface area contributed by atoms with Crippen LogP contribution in [0, 0.1) is 5.82 Å². The number of halogens is 1. The average Bonchev–Trinajstić information content (AvgIpc) is 2.81. The Morgan fingerprint density at radius 2 is 1.91 bits per heavy atom. The lowest BCUT2D eigenvalue weighted by Gasteiger charge is -2.32. The number of likely N-dealkylation sites (N-methyl/N-ethyl adjacent to an activating group) is 1. The van der Waals surface area contributed by atoms with Crippen molar-refractivity contribution < 1.29 is 13.9 Å². The second-order valence-corrected chi connectivity index (χ2v) is 8.52. The van der Waals surface area contributed by atoms with E-state index in [1.807, 2.05) is 6.07 Å². The summed E-state index contributed by atoms with van der Waals surface area (Å²) in [5, 5.41) is 0. The van der Waals surface area contributed by atoms with E-state index in [9.17, 15) is 4.39 Å². The van der Waals surface area contributed by atoms with Crippen LogP contribution in [-0.4, -0.2) is 60.2 Å². The third kappa shape index (κ3) is 5.38. The van der Waals surface area contributed by atoms with Gasteiger partial charge in [0.15, 0.2) is 11.6 Å². The molecule has 0 bridgehead atoms. The summed E-state index contributed by atoms with van der Waals surface area (Å²) < 4.78 is 24.9. The Morgan fingerprint density at radius 1 is 1.09 bits per heavy atom. The molecule has 0 aliphatic carbocycles. The molecule has 168 valence electrons. The number of methoxy groups -OCH3 is 1. The molecular formula is C22H25FN6O2S. The highest BCUT2D eigenvalue weighted by molar-refractivity contribution is 7.99. The minimum Gasteiger partial charge on any atom is -0.494 e. The highest BCUT2D eigenvalue weighted by atomic mass is 32.2. The van der Waals surface area contributed by atoms with Crippen LogP contribution in [0.4, 0.5) is 16.2 Å². The Morgan fingerprint density at radius 3 is 2.62 bits per heavy atom. The Kier molecular flexibility index (Phi) is 6.91. The highest BCUT2D eigenvalue weighted by Crippen LogP contribution is 2.35. The molecule has 10 heteroatoms. The van der Waals surface area contributed by atoms with E-state index in [1.165, 1.54) is 24.9 Å². The van der Waals surface area contributed by atoms with E-state index < -0.39 is 5.82 Å². The van der Waals surface area contributed by atoms with Gasteiger partial charge < -0.3 is 25.0 Å². The second kappa shape index (κ2) is 10.0. The predicted molar refractivity (Wildman–Crippen MR) is 122 cm³/mol. The van der Waals surface area contributed by atoms with Crippen molar-refractivity contribution in [1.29, 1.82) is 0 Å². The molecule has 0 amide bonds. The fourth-order valence-electron chi connectivity index (χ4n) is 3.20. The molecule has 0 spiro atoms. The third-order valence-corrected chi connectivity index (χ3v) is 6.05. The first-order valence-corrected chi connectivity index (χ1v) is 11.0. The summed E-state index contributed by atoms with van der Waals surface area (Å²) in [6.45, 7) is 3.80. The van der Waals surface area contributed by atoms with E-state index in [0.29, 0.717) is 17.6 Å². The summed E-state index contributed by atoms with van der Waals surface area (Å²) in [6, 6.07) is 8.28. The number of aromatic nitrogens is 3. The molecule has 8 nitrogen and oxygen atoms in total. The van der Waals surface area contributed by atoms with Gasteiger partial charge in [0.1, 0.15) is 12.4 Å². The van der Waals surface area contributed by atoms with Gasteiger partial charge in [-0.2, -0.15) is 4.98 Å². The van der Waals surface area contributed by atoms with Crippen LogP contribution < -0.4 is 20.1 Å². The largest absolute Gasteiger partial charge is 0.494 e. The van der Waals surface area contributed by atoms with Crippen LogP contribution in [0.2, 0.25) is 0 Å². The molecule has 1 fully saturated rings. The molecule has 32 heavy (non-hydrogen) atoms. The van der Waals surface area contributed by atoms with Crippen LogP contribution in [0.15, 0.2) is 52.5 Å². The van der Waals surface area contributed by atoms with Gasteiger partial charge in [-0.05, 0) is 36.9 Å². The molecule has 1 aliphatic heterocycles. The molecule has 3 heterocycles. The number of nitrogens with zero attached hydrogens (tertiary/aromatic N) is 5. The van der Waals surface area contributed by atoms with E-state index >= 15 is 0 Å². The maximum Gasteiger partial charge on any atom is 0.232 e. The molecule has 4 rings (SSSR count). The fraction of sp³-hybridized carbons (Fsp3) is 0.318. The molecule has 1 saturated heterocycles. The molecular weight excluding hydrogens is 431 g/mol. The van der Waals surface area contributed by atoms with Gasteiger partial charge in [0, 0.05) is 37.3 Å². The number of hydrogen-bond donors (Lipinski definition) is 1. The van der Waals surface area contributed by atoms with Gasteiger partial charge >= 0.3 is 0 Å². The van der Waals surface area contributed by atoms with E-state index in [4.69, 9.17) is 20.2 Å². The Hall–Kier alpha value is -3.11. The van der Waals surface area contributed by atoms with E-state index in [1.54, 1.807) is 30.6 Å². The fourth-order valence-corrected chi connectivity index (χ4v) is 4.00. The smallest absolute Gasteiger partial charge is 0.232 e. The molecule has 1 aliphatic rings. The van der Waals surface area contributed by atoms with Crippen molar-refractivity contribution in [2.75, 3.05) is 51.0 Å². The molecule has 1 aromatic carbocycles. The van der Waals surface area contributed by atoms with Crippen molar-refractivity contribution >= 4 is 23.5 Å². The van der Waals surface area contributed by atoms with Crippen molar-refractivity contribution in [2.45, 2.75) is 16.4 Å². The summed E-state index contributed by atoms with van der Waals surface area (Å²) >= 11 is 1.44. The van der Waals surface area contributed by atoms with Crippen molar-refractivity contribution in [3.05, 3.63) is 54.1 Å². The van der Waals surface area contributed by atoms with Crippen LogP contribution in [0.1, 0.15) is 5.56 Å². The summed E-state index contributed by atoms with van der Waals surface area (Å²) in [5.41, 5.74) is 6.46. The third-order valence-electron chi connectivity index (χ3n) is 5.07. The minimum atomic E-state index is -0.414. The molecule has 0 radical (unpaired) electrons. The molecule has 0 saturated carbocycles. The van der Waals surface area contributed by atoms with Crippen molar-refractivity contribution in [2.24, 2.45) is 0 Å². The predicted octanol–water partition coefficient (Wildman–Crippen LogP) is 3.08. The average molecular weight is 457 g/mol. The summed E-state index contributed by atoms with van der Waals surface area (Å²) in [4.78, 5) is 19.5. The van der Waals surface area contributed by atoms with E-state index in [0.717, 1.165) is 41.5 Å². The molecule has 0 atom stereocenters. The monoisotopic (exact) mass is 456 g/mol. The van der Waals surface area contributed by atoms with Crippen LogP contribution >= 0.6 is 11.8 Å². The molecule has 3 aromatic rings. The van der Waals surface area contributed by atoms with Gasteiger partial charge in [0.2, 0.25) is 11.8 Å². The summed E-state index contributed by atoms with van der Waals surface area (Å²) in [6.07, 6.45) is 3.46. The zero-order chi connectivity index (χ0) is 22.5. The molecule has 2 N–H and O–H groups in total. The van der Waals surface area contributed by atoms with Gasteiger partial charge in [-0.25, -0.2) is 14.4 Å². The van der Waals surface area contributed by atoms with Gasteiger partial charge in [0.05, 0.1) is 18.2 Å².